The minimum atomic E-state index is -1.11. The number of carboxylic acids is 1. The van der Waals surface area contributed by atoms with Crippen LogP contribution in [-0.4, -0.2) is 28.4 Å². The summed E-state index contributed by atoms with van der Waals surface area (Å²) in [5.74, 6) is -1.39. The number of nitrogens with zero attached hydrogens (tertiary/aromatic N) is 1. The van der Waals surface area contributed by atoms with Crippen molar-refractivity contribution in [1.29, 1.82) is 0 Å². The van der Waals surface area contributed by atoms with Crippen LogP contribution in [0.1, 0.15) is 18.9 Å². The van der Waals surface area contributed by atoms with Crippen LogP contribution in [0.25, 0.3) is 0 Å². The Kier molecular flexibility index (Phi) is 5.64. The van der Waals surface area contributed by atoms with Crippen LogP contribution in [0.2, 0.25) is 0 Å². The van der Waals surface area contributed by atoms with E-state index < -0.39 is 5.97 Å². The molecule has 0 spiro atoms. The van der Waals surface area contributed by atoms with Crippen molar-refractivity contribution in [2.75, 3.05) is 6.54 Å². The molecule has 0 atom stereocenters. The van der Waals surface area contributed by atoms with Crippen LogP contribution in [0.5, 0.6) is 0 Å². The molecule has 4 heteroatoms. The molecule has 0 aromatic heterocycles. The summed E-state index contributed by atoms with van der Waals surface area (Å²) < 4.78 is 0. The van der Waals surface area contributed by atoms with Crippen LogP contribution < -0.4 is 0 Å². The predicted octanol–water partition coefficient (Wildman–Crippen LogP) is 2.07. The molecule has 1 N–H and O–H groups in total. The number of carbonyl (C=O) groups is 2. The van der Waals surface area contributed by atoms with Gasteiger partial charge in [-0.25, -0.2) is 4.79 Å². The lowest BCUT2D eigenvalue weighted by molar-refractivity contribution is -0.132. The summed E-state index contributed by atoms with van der Waals surface area (Å²) in [5.41, 5.74) is 1.03. The zero-order valence-electron chi connectivity index (χ0n) is 10.4. The van der Waals surface area contributed by atoms with Crippen molar-refractivity contribution >= 4 is 11.9 Å². The van der Waals surface area contributed by atoms with Gasteiger partial charge in [-0.2, -0.15) is 0 Å². The topological polar surface area (TPSA) is 57.6 Å². The van der Waals surface area contributed by atoms with Gasteiger partial charge in [-0.3, -0.25) is 4.79 Å². The van der Waals surface area contributed by atoms with Gasteiger partial charge in [-0.1, -0.05) is 37.3 Å². The van der Waals surface area contributed by atoms with Crippen molar-refractivity contribution in [2.24, 2.45) is 0 Å². The van der Waals surface area contributed by atoms with Crippen molar-refractivity contribution in [1.82, 2.24) is 4.90 Å². The molecule has 0 aliphatic heterocycles. The van der Waals surface area contributed by atoms with E-state index in [-0.39, 0.29) is 5.91 Å². The summed E-state index contributed by atoms with van der Waals surface area (Å²) in [6, 6.07) is 9.63. The smallest absolute Gasteiger partial charge is 0.328 e. The van der Waals surface area contributed by atoms with E-state index in [0.717, 1.165) is 24.1 Å². The maximum Gasteiger partial charge on any atom is 0.328 e. The zero-order valence-corrected chi connectivity index (χ0v) is 10.4. The van der Waals surface area contributed by atoms with Gasteiger partial charge < -0.3 is 10.0 Å². The van der Waals surface area contributed by atoms with Gasteiger partial charge >= 0.3 is 5.97 Å². The van der Waals surface area contributed by atoms with Gasteiger partial charge in [-0.15, -0.1) is 0 Å². The molecule has 1 amide bonds. The van der Waals surface area contributed by atoms with Crippen LogP contribution in [0.15, 0.2) is 42.5 Å². The maximum atomic E-state index is 11.8. The molecule has 0 unspecified atom stereocenters. The quantitative estimate of drug-likeness (QED) is 0.783. The summed E-state index contributed by atoms with van der Waals surface area (Å²) in [5, 5.41) is 8.51. The number of hydrogen-bond donors (Lipinski definition) is 1. The Morgan fingerprint density at radius 2 is 1.89 bits per heavy atom. The first-order valence-electron chi connectivity index (χ1n) is 5.87. The Hall–Kier alpha value is -2.10. The van der Waals surface area contributed by atoms with E-state index in [1.165, 1.54) is 0 Å². The highest BCUT2D eigenvalue weighted by molar-refractivity contribution is 5.93. The Morgan fingerprint density at radius 3 is 2.44 bits per heavy atom. The molecular weight excluding hydrogens is 230 g/mol. The van der Waals surface area contributed by atoms with Gasteiger partial charge in [0.25, 0.3) is 0 Å². The SMILES string of the molecule is CCCN(Cc1ccccc1)C(=O)/C=C/C(=O)O. The van der Waals surface area contributed by atoms with Gasteiger partial charge in [0.2, 0.25) is 5.91 Å². The van der Waals surface area contributed by atoms with E-state index in [0.29, 0.717) is 13.1 Å². The predicted molar refractivity (Wildman–Crippen MR) is 68.9 cm³/mol. The molecule has 1 aromatic rings. The lowest BCUT2D eigenvalue weighted by atomic mass is 10.2. The highest BCUT2D eigenvalue weighted by Crippen LogP contribution is 2.06. The van der Waals surface area contributed by atoms with Gasteiger partial charge in [0, 0.05) is 25.2 Å². The third-order valence-electron chi connectivity index (χ3n) is 2.39. The van der Waals surface area contributed by atoms with E-state index >= 15 is 0 Å². The third kappa shape index (κ3) is 4.82. The Labute approximate surface area is 107 Å². The van der Waals surface area contributed by atoms with Crippen molar-refractivity contribution in [2.45, 2.75) is 19.9 Å². The molecular formula is C14H17NO3. The summed E-state index contributed by atoms with van der Waals surface area (Å²) in [6.45, 7) is 3.08. The highest BCUT2D eigenvalue weighted by atomic mass is 16.4. The van der Waals surface area contributed by atoms with E-state index in [9.17, 15) is 9.59 Å². The Bertz CT molecular complexity index is 426. The summed E-state index contributed by atoms with van der Waals surface area (Å²) in [4.78, 5) is 23.8. The van der Waals surface area contributed by atoms with E-state index in [2.05, 4.69) is 0 Å². The number of carboxylic acid groups (broad SMARTS) is 1. The first-order chi connectivity index (χ1) is 8.63. The second-order valence-corrected chi connectivity index (χ2v) is 3.92. The molecule has 18 heavy (non-hydrogen) atoms. The summed E-state index contributed by atoms with van der Waals surface area (Å²) in [6.07, 6.45) is 2.80. The monoisotopic (exact) mass is 247 g/mol. The average molecular weight is 247 g/mol. The highest BCUT2D eigenvalue weighted by Gasteiger charge is 2.10. The summed E-state index contributed by atoms with van der Waals surface area (Å²) in [7, 11) is 0. The van der Waals surface area contributed by atoms with Gasteiger partial charge in [0.05, 0.1) is 0 Å². The summed E-state index contributed by atoms with van der Waals surface area (Å²) >= 11 is 0. The van der Waals surface area contributed by atoms with E-state index in [4.69, 9.17) is 5.11 Å². The fourth-order valence-corrected chi connectivity index (χ4v) is 1.59. The first kappa shape index (κ1) is 14.0. The van der Waals surface area contributed by atoms with Crippen LogP contribution in [0, 0.1) is 0 Å². The lowest BCUT2D eigenvalue weighted by Gasteiger charge is -2.20. The first-order valence-corrected chi connectivity index (χ1v) is 5.87. The fraction of sp³-hybridized carbons (Fsp3) is 0.286. The average Bonchev–Trinajstić information content (AvgIpc) is 2.36. The van der Waals surface area contributed by atoms with E-state index in [1.54, 1.807) is 4.90 Å². The zero-order chi connectivity index (χ0) is 13.4. The van der Waals surface area contributed by atoms with Crippen molar-refractivity contribution in [3.8, 4) is 0 Å². The van der Waals surface area contributed by atoms with Gasteiger partial charge in [-0.05, 0) is 12.0 Å². The van der Waals surface area contributed by atoms with Crippen molar-refractivity contribution in [3.05, 3.63) is 48.0 Å². The maximum absolute atomic E-state index is 11.8. The molecule has 0 aliphatic carbocycles. The molecule has 96 valence electrons. The van der Waals surface area contributed by atoms with Crippen LogP contribution in [0.4, 0.5) is 0 Å². The molecule has 0 radical (unpaired) electrons. The molecule has 0 saturated carbocycles. The third-order valence-corrected chi connectivity index (χ3v) is 2.39. The number of aliphatic carboxylic acids is 1. The molecule has 0 bridgehead atoms. The molecule has 0 fully saturated rings. The Morgan fingerprint density at radius 1 is 1.22 bits per heavy atom. The van der Waals surface area contributed by atoms with Gasteiger partial charge in [0.1, 0.15) is 0 Å². The molecule has 0 heterocycles. The van der Waals surface area contributed by atoms with Crippen LogP contribution in [-0.2, 0) is 16.1 Å². The van der Waals surface area contributed by atoms with Crippen LogP contribution >= 0.6 is 0 Å². The van der Waals surface area contributed by atoms with Gasteiger partial charge in [0.15, 0.2) is 0 Å². The minimum absolute atomic E-state index is 0.275. The standard InChI is InChI=1S/C14H17NO3/c1-2-10-15(13(16)8-9-14(17)18)11-12-6-4-3-5-7-12/h3-9H,2,10-11H2,1H3,(H,17,18)/b9-8+. The van der Waals surface area contributed by atoms with Crippen molar-refractivity contribution < 1.29 is 14.7 Å². The molecule has 1 rings (SSSR count). The normalized spacial score (nSPS) is 10.5. The second kappa shape index (κ2) is 7.27. The number of rotatable bonds is 6. The largest absolute Gasteiger partial charge is 0.478 e. The fourth-order valence-electron chi connectivity index (χ4n) is 1.59. The molecule has 0 saturated heterocycles. The molecule has 0 aliphatic rings. The van der Waals surface area contributed by atoms with Crippen LogP contribution in [0.3, 0.4) is 0 Å². The second-order valence-electron chi connectivity index (χ2n) is 3.92. The Balaban J connectivity index is 2.70. The number of amides is 1. The lowest BCUT2D eigenvalue weighted by Crippen LogP contribution is -2.29. The molecule has 1 aromatic carbocycles. The number of carbonyl (C=O) groups excluding carboxylic acids is 1. The molecule has 4 nitrogen and oxygen atoms in total. The number of hydrogen-bond acceptors (Lipinski definition) is 2. The van der Waals surface area contributed by atoms with Crippen molar-refractivity contribution in [3.63, 3.8) is 0 Å². The van der Waals surface area contributed by atoms with E-state index in [1.807, 2.05) is 37.3 Å². The minimum Gasteiger partial charge on any atom is -0.478 e. The number of benzene rings is 1.